The molecule has 0 bridgehead atoms. The van der Waals surface area contributed by atoms with Gasteiger partial charge in [0.25, 0.3) is 0 Å². The molecular formula is C8H17NO2. The van der Waals surface area contributed by atoms with E-state index >= 15 is 0 Å². The number of rotatable bonds is 5. The summed E-state index contributed by atoms with van der Waals surface area (Å²) in [5.74, 6) is -0.287. The highest BCUT2D eigenvalue weighted by molar-refractivity contribution is 5.66. The number of aliphatic carboxylic acids is 1. The molecule has 66 valence electrons. The lowest BCUT2D eigenvalue weighted by atomic mass is 10.00. The van der Waals surface area contributed by atoms with E-state index in [0.29, 0.717) is 12.3 Å². The number of carbonyl (C=O) groups is 1. The Morgan fingerprint density at radius 1 is 1.55 bits per heavy atom. The maximum atomic E-state index is 10.1. The van der Waals surface area contributed by atoms with Crippen molar-refractivity contribution in [2.45, 2.75) is 39.2 Å². The van der Waals surface area contributed by atoms with Crippen LogP contribution in [0.25, 0.3) is 0 Å². The highest BCUT2D eigenvalue weighted by Gasteiger charge is 2.07. The third-order valence-corrected chi connectivity index (χ3v) is 1.78. The summed E-state index contributed by atoms with van der Waals surface area (Å²) in [6.07, 6.45) is 1.74. The molecule has 11 heavy (non-hydrogen) atoms. The number of carboxylic acid groups (broad SMARTS) is 1. The van der Waals surface area contributed by atoms with Gasteiger partial charge in [-0.15, -0.1) is 0 Å². The van der Waals surface area contributed by atoms with Gasteiger partial charge >= 0.3 is 5.97 Å². The summed E-state index contributed by atoms with van der Waals surface area (Å²) in [5.41, 5.74) is 5.71. The third-order valence-electron chi connectivity index (χ3n) is 1.78. The first-order valence-electron chi connectivity index (χ1n) is 4.01. The van der Waals surface area contributed by atoms with Crippen LogP contribution in [0.3, 0.4) is 0 Å². The van der Waals surface area contributed by atoms with Crippen LogP contribution < -0.4 is 5.73 Å². The van der Waals surface area contributed by atoms with Crippen LogP contribution >= 0.6 is 0 Å². The molecular weight excluding hydrogens is 142 g/mol. The second-order valence-electron chi connectivity index (χ2n) is 3.19. The standard InChI is InChI=1S/C8H17NO2/c1-6(2)7(9)4-3-5-8(10)11/h6-7H,3-5,9H2,1-2H3,(H,10,11). The number of carboxylic acids is 1. The van der Waals surface area contributed by atoms with E-state index in [1.807, 2.05) is 13.8 Å². The van der Waals surface area contributed by atoms with Crippen molar-refractivity contribution in [2.24, 2.45) is 11.7 Å². The molecule has 0 radical (unpaired) electrons. The SMILES string of the molecule is CC(C)C(N)CCCC(=O)O. The second kappa shape index (κ2) is 5.13. The average molecular weight is 159 g/mol. The van der Waals surface area contributed by atoms with Crippen molar-refractivity contribution in [3.05, 3.63) is 0 Å². The topological polar surface area (TPSA) is 63.3 Å². The molecule has 0 aliphatic heterocycles. The van der Waals surface area contributed by atoms with Crippen LogP contribution in [0.2, 0.25) is 0 Å². The quantitative estimate of drug-likeness (QED) is 0.634. The Kier molecular flexibility index (Phi) is 4.86. The highest BCUT2D eigenvalue weighted by atomic mass is 16.4. The van der Waals surface area contributed by atoms with Crippen LogP contribution in [0.5, 0.6) is 0 Å². The minimum atomic E-state index is -0.735. The molecule has 0 aromatic rings. The molecule has 0 aliphatic carbocycles. The molecule has 0 amide bonds. The fourth-order valence-corrected chi connectivity index (χ4v) is 0.822. The van der Waals surface area contributed by atoms with Crippen molar-refractivity contribution in [2.75, 3.05) is 0 Å². The minimum Gasteiger partial charge on any atom is -0.481 e. The van der Waals surface area contributed by atoms with E-state index in [4.69, 9.17) is 10.8 Å². The highest BCUT2D eigenvalue weighted by Crippen LogP contribution is 2.06. The van der Waals surface area contributed by atoms with Crippen molar-refractivity contribution in [3.63, 3.8) is 0 Å². The molecule has 0 spiro atoms. The summed E-state index contributed by atoms with van der Waals surface area (Å²) in [7, 11) is 0. The lowest BCUT2D eigenvalue weighted by Crippen LogP contribution is -2.26. The molecule has 0 rings (SSSR count). The maximum absolute atomic E-state index is 10.1. The van der Waals surface area contributed by atoms with Crippen LogP contribution in [0, 0.1) is 5.92 Å². The molecule has 0 aromatic heterocycles. The Morgan fingerprint density at radius 2 is 2.09 bits per heavy atom. The monoisotopic (exact) mass is 159 g/mol. The van der Waals surface area contributed by atoms with Crippen LogP contribution in [0.1, 0.15) is 33.1 Å². The Bertz CT molecular complexity index is 123. The smallest absolute Gasteiger partial charge is 0.303 e. The zero-order valence-corrected chi connectivity index (χ0v) is 7.21. The van der Waals surface area contributed by atoms with Crippen LogP contribution in [0.4, 0.5) is 0 Å². The number of hydrogen-bond acceptors (Lipinski definition) is 2. The van der Waals surface area contributed by atoms with Crippen LogP contribution in [-0.4, -0.2) is 17.1 Å². The first kappa shape index (κ1) is 10.4. The molecule has 0 aliphatic rings. The van der Waals surface area contributed by atoms with Crippen LogP contribution in [-0.2, 0) is 4.79 Å². The average Bonchev–Trinajstić information content (AvgIpc) is 1.86. The van der Waals surface area contributed by atoms with E-state index in [1.54, 1.807) is 0 Å². The van der Waals surface area contributed by atoms with Gasteiger partial charge in [0.1, 0.15) is 0 Å². The Morgan fingerprint density at radius 3 is 2.45 bits per heavy atom. The Hall–Kier alpha value is -0.570. The van der Waals surface area contributed by atoms with Gasteiger partial charge in [-0.25, -0.2) is 0 Å². The van der Waals surface area contributed by atoms with Gasteiger partial charge in [0.05, 0.1) is 0 Å². The van der Waals surface area contributed by atoms with E-state index in [0.717, 1.165) is 6.42 Å². The minimum absolute atomic E-state index is 0.148. The van der Waals surface area contributed by atoms with Gasteiger partial charge in [-0.2, -0.15) is 0 Å². The Balaban J connectivity index is 3.31. The van der Waals surface area contributed by atoms with E-state index < -0.39 is 5.97 Å². The summed E-state index contributed by atoms with van der Waals surface area (Å²) >= 11 is 0. The number of nitrogens with two attached hydrogens (primary N) is 1. The fraction of sp³-hybridized carbons (Fsp3) is 0.875. The van der Waals surface area contributed by atoms with Gasteiger partial charge in [-0.3, -0.25) is 4.79 Å². The summed E-state index contributed by atoms with van der Waals surface area (Å²) in [6, 6.07) is 0.148. The fourth-order valence-electron chi connectivity index (χ4n) is 0.822. The van der Waals surface area contributed by atoms with Crippen molar-refractivity contribution in [1.29, 1.82) is 0 Å². The first-order chi connectivity index (χ1) is 5.04. The van der Waals surface area contributed by atoms with Crippen molar-refractivity contribution in [1.82, 2.24) is 0 Å². The van der Waals surface area contributed by atoms with E-state index in [-0.39, 0.29) is 12.5 Å². The molecule has 0 aromatic carbocycles. The van der Waals surface area contributed by atoms with E-state index in [1.165, 1.54) is 0 Å². The van der Waals surface area contributed by atoms with Gasteiger partial charge < -0.3 is 10.8 Å². The second-order valence-corrected chi connectivity index (χ2v) is 3.19. The predicted octanol–water partition coefficient (Wildman–Crippen LogP) is 1.22. The molecule has 0 saturated heterocycles. The molecule has 3 heteroatoms. The Labute approximate surface area is 67.6 Å². The lowest BCUT2D eigenvalue weighted by molar-refractivity contribution is -0.137. The number of hydrogen-bond donors (Lipinski definition) is 2. The molecule has 1 atom stereocenters. The zero-order chi connectivity index (χ0) is 8.85. The van der Waals surface area contributed by atoms with Gasteiger partial charge in [0.2, 0.25) is 0 Å². The molecule has 1 unspecified atom stereocenters. The largest absolute Gasteiger partial charge is 0.481 e. The van der Waals surface area contributed by atoms with E-state index in [2.05, 4.69) is 0 Å². The van der Waals surface area contributed by atoms with Crippen molar-refractivity contribution >= 4 is 5.97 Å². The maximum Gasteiger partial charge on any atom is 0.303 e. The molecule has 0 saturated carbocycles. The van der Waals surface area contributed by atoms with Gasteiger partial charge in [-0.1, -0.05) is 13.8 Å². The molecule has 0 fully saturated rings. The van der Waals surface area contributed by atoms with Crippen LogP contribution in [0.15, 0.2) is 0 Å². The summed E-state index contributed by atoms with van der Waals surface area (Å²) < 4.78 is 0. The normalized spacial score (nSPS) is 13.5. The molecule has 3 nitrogen and oxygen atoms in total. The summed E-state index contributed by atoms with van der Waals surface area (Å²) in [4.78, 5) is 10.1. The lowest BCUT2D eigenvalue weighted by Gasteiger charge is -2.13. The van der Waals surface area contributed by atoms with Gasteiger partial charge in [-0.05, 0) is 18.8 Å². The third kappa shape index (κ3) is 5.85. The van der Waals surface area contributed by atoms with Gasteiger partial charge in [0, 0.05) is 12.5 Å². The van der Waals surface area contributed by atoms with Crippen molar-refractivity contribution in [3.8, 4) is 0 Å². The first-order valence-corrected chi connectivity index (χ1v) is 4.01. The summed E-state index contributed by atoms with van der Waals surface area (Å²) in [5, 5.41) is 8.32. The molecule has 0 heterocycles. The summed E-state index contributed by atoms with van der Waals surface area (Å²) in [6.45, 7) is 4.09. The predicted molar refractivity (Wildman–Crippen MR) is 44.3 cm³/mol. The van der Waals surface area contributed by atoms with E-state index in [9.17, 15) is 4.79 Å². The zero-order valence-electron chi connectivity index (χ0n) is 7.21. The van der Waals surface area contributed by atoms with Crippen molar-refractivity contribution < 1.29 is 9.90 Å². The molecule has 3 N–H and O–H groups in total. The van der Waals surface area contributed by atoms with Gasteiger partial charge in [0.15, 0.2) is 0 Å².